The Hall–Kier alpha value is -2.87. The van der Waals surface area contributed by atoms with E-state index in [0.717, 1.165) is 11.1 Å². The van der Waals surface area contributed by atoms with Crippen LogP contribution in [0.5, 0.6) is 0 Å². The molecule has 2 aromatic rings. The van der Waals surface area contributed by atoms with Gasteiger partial charge in [-0.1, -0.05) is 29.8 Å². The third-order valence-electron chi connectivity index (χ3n) is 3.73. The zero-order valence-electron chi connectivity index (χ0n) is 13.5. The molecular weight excluding hydrogens is 290 g/mol. The van der Waals surface area contributed by atoms with Gasteiger partial charge in [0.25, 0.3) is 5.56 Å². The third kappa shape index (κ3) is 3.86. The van der Waals surface area contributed by atoms with Crippen molar-refractivity contribution in [1.82, 2.24) is 9.88 Å². The Morgan fingerprint density at radius 1 is 1.22 bits per heavy atom. The molecule has 1 aromatic carbocycles. The van der Waals surface area contributed by atoms with Crippen molar-refractivity contribution in [2.24, 2.45) is 0 Å². The molecule has 118 valence electrons. The summed E-state index contributed by atoms with van der Waals surface area (Å²) in [5, 5.41) is 11.9. The molecule has 23 heavy (non-hydrogen) atoms. The van der Waals surface area contributed by atoms with Crippen LogP contribution in [-0.4, -0.2) is 10.5 Å². The van der Waals surface area contributed by atoms with Crippen LogP contribution in [0.1, 0.15) is 27.9 Å². The number of carbonyl (C=O) groups is 1. The van der Waals surface area contributed by atoms with Crippen molar-refractivity contribution in [3.8, 4) is 6.07 Å². The SMILES string of the molecule is Cc1ccc(CNC(=O)Cn2c(C)cc(C)c(C#N)c2=O)cc1. The fourth-order valence-corrected chi connectivity index (χ4v) is 2.37. The number of nitriles is 1. The van der Waals surface area contributed by atoms with Crippen LogP contribution >= 0.6 is 0 Å². The first-order chi connectivity index (χ1) is 10.9. The molecule has 0 aliphatic carbocycles. The molecular formula is C18H19N3O2. The maximum Gasteiger partial charge on any atom is 0.269 e. The van der Waals surface area contributed by atoms with Gasteiger partial charge in [-0.2, -0.15) is 5.26 Å². The van der Waals surface area contributed by atoms with Gasteiger partial charge in [0.2, 0.25) is 5.91 Å². The van der Waals surface area contributed by atoms with E-state index in [1.54, 1.807) is 19.9 Å². The minimum Gasteiger partial charge on any atom is -0.350 e. The zero-order valence-corrected chi connectivity index (χ0v) is 13.5. The van der Waals surface area contributed by atoms with Crippen molar-refractivity contribution in [3.63, 3.8) is 0 Å². The van der Waals surface area contributed by atoms with E-state index in [0.29, 0.717) is 17.8 Å². The quantitative estimate of drug-likeness (QED) is 0.938. The second-order valence-corrected chi connectivity index (χ2v) is 5.61. The van der Waals surface area contributed by atoms with Gasteiger partial charge in [-0.05, 0) is 38.0 Å². The highest BCUT2D eigenvalue weighted by Gasteiger charge is 2.12. The number of rotatable bonds is 4. The van der Waals surface area contributed by atoms with Crippen LogP contribution in [0.2, 0.25) is 0 Å². The lowest BCUT2D eigenvalue weighted by Gasteiger charge is -2.12. The normalized spacial score (nSPS) is 10.2. The first-order valence-corrected chi connectivity index (χ1v) is 7.35. The van der Waals surface area contributed by atoms with Gasteiger partial charge in [0.15, 0.2) is 0 Å². The predicted octanol–water partition coefficient (Wildman–Crippen LogP) is 1.96. The molecule has 0 bridgehead atoms. The topological polar surface area (TPSA) is 74.9 Å². The molecule has 0 spiro atoms. The fraction of sp³-hybridized carbons (Fsp3) is 0.278. The van der Waals surface area contributed by atoms with Gasteiger partial charge >= 0.3 is 0 Å². The summed E-state index contributed by atoms with van der Waals surface area (Å²) in [6, 6.07) is 11.5. The van der Waals surface area contributed by atoms with Gasteiger partial charge in [0.05, 0.1) is 0 Å². The van der Waals surface area contributed by atoms with Crippen molar-refractivity contribution in [2.75, 3.05) is 0 Å². The molecule has 5 nitrogen and oxygen atoms in total. The van der Waals surface area contributed by atoms with Gasteiger partial charge in [-0.15, -0.1) is 0 Å². The Balaban J connectivity index is 2.10. The Kier molecular flexibility index (Phi) is 4.97. The summed E-state index contributed by atoms with van der Waals surface area (Å²) in [5.74, 6) is -0.261. The first kappa shape index (κ1) is 16.5. The smallest absolute Gasteiger partial charge is 0.269 e. The molecule has 0 saturated carbocycles. The lowest BCUT2D eigenvalue weighted by molar-refractivity contribution is -0.121. The molecule has 1 heterocycles. The number of hydrogen-bond acceptors (Lipinski definition) is 3. The number of nitrogens with zero attached hydrogens (tertiary/aromatic N) is 2. The maximum atomic E-state index is 12.2. The minimum atomic E-state index is -0.421. The number of aromatic nitrogens is 1. The highest BCUT2D eigenvalue weighted by Crippen LogP contribution is 2.06. The van der Waals surface area contributed by atoms with Gasteiger partial charge in [-0.3, -0.25) is 9.59 Å². The van der Waals surface area contributed by atoms with Crippen LogP contribution in [0.3, 0.4) is 0 Å². The molecule has 0 unspecified atom stereocenters. The molecule has 0 atom stereocenters. The molecule has 1 aromatic heterocycles. The van der Waals surface area contributed by atoms with Crippen LogP contribution in [0.15, 0.2) is 35.1 Å². The largest absolute Gasteiger partial charge is 0.350 e. The van der Waals surface area contributed by atoms with Gasteiger partial charge in [0.1, 0.15) is 18.2 Å². The van der Waals surface area contributed by atoms with Crippen molar-refractivity contribution in [2.45, 2.75) is 33.9 Å². The van der Waals surface area contributed by atoms with Gasteiger partial charge in [-0.25, -0.2) is 0 Å². The van der Waals surface area contributed by atoms with E-state index in [4.69, 9.17) is 5.26 Å². The number of nitrogens with one attached hydrogen (secondary N) is 1. The molecule has 0 radical (unpaired) electrons. The monoisotopic (exact) mass is 309 g/mol. The zero-order chi connectivity index (χ0) is 17.0. The van der Waals surface area contributed by atoms with Crippen molar-refractivity contribution in [3.05, 3.63) is 68.6 Å². The van der Waals surface area contributed by atoms with Crippen LogP contribution in [0.4, 0.5) is 0 Å². The minimum absolute atomic E-state index is 0.0851. The summed E-state index contributed by atoms with van der Waals surface area (Å²) in [6.45, 7) is 5.79. The van der Waals surface area contributed by atoms with Crippen molar-refractivity contribution < 1.29 is 4.79 Å². The van der Waals surface area contributed by atoms with Crippen molar-refractivity contribution >= 4 is 5.91 Å². The number of aryl methyl sites for hydroxylation is 3. The lowest BCUT2D eigenvalue weighted by Crippen LogP contribution is -2.34. The summed E-state index contributed by atoms with van der Waals surface area (Å²) in [6.07, 6.45) is 0. The second kappa shape index (κ2) is 6.93. The Labute approximate surface area is 135 Å². The van der Waals surface area contributed by atoms with Gasteiger partial charge in [0, 0.05) is 12.2 Å². The van der Waals surface area contributed by atoms with Gasteiger partial charge < -0.3 is 9.88 Å². The highest BCUT2D eigenvalue weighted by molar-refractivity contribution is 5.75. The summed E-state index contributed by atoms with van der Waals surface area (Å²) in [4.78, 5) is 24.3. The number of pyridine rings is 1. The van der Waals surface area contributed by atoms with Crippen LogP contribution in [0, 0.1) is 32.1 Å². The summed E-state index contributed by atoms with van der Waals surface area (Å²) in [7, 11) is 0. The van der Waals surface area contributed by atoms with E-state index in [1.165, 1.54) is 4.57 Å². The van der Waals surface area contributed by atoms with E-state index < -0.39 is 5.56 Å². The molecule has 1 N–H and O–H groups in total. The number of amides is 1. The van der Waals surface area contributed by atoms with E-state index >= 15 is 0 Å². The number of carbonyl (C=O) groups excluding carboxylic acids is 1. The first-order valence-electron chi connectivity index (χ1n) is 7.35. The van der Waals surface area contributed by atoms with Crippen molar-refractivity contribution in [1.29, 1.82) is 5.26 Å². The molecule has 1 amide bonds. The molecule has 0 aliphatic heterocycles. The maximum absolute atomic E-state index is 12.2. The average molecular weight is 309 g/mol. The molecule has 2 rings (SSSR count). The summed E-state index contributed by atoms with van der Waals surface area (Å²) < 4.78 is 1.33. The van der Waals surface area contributed by atoms with E-state index in [9.17, 15) is 9.59 Å². The molecule has 5 heteroatoms. The van der Waals surface area contributed by atoms with E-state index in [-0.39, 0.29) is 18.0 Å². The van der Waals surface area contributed by atoms with E-state index in [2.05, 4.69) is 5.32 Å². The highest BCUT2D eigenvalue weighted by atomic mass is 16.2. The summed E-state index contributed by atoms with van der Waals surface area (Å²) >= 11 is 0. The molecule has 0 aliphatic rings. The Bertz CT molecular complexity index is 827. The van der Waals surface area contributed by atoms with Crippen LogP contribution < -0.4 is 10.9 Å². The number of hydrogen-bond donors (Lipinski definition) is 1. The Morgan fingerprint density at radius 2 is 1.87 bits per heavy atom. The average Bonchev–Trinajstić information content (AvgIpc) is 2.51. The lowest BCUT2D eigenvalue weighted by atomic mass is 10.1. The van der Waals surface area contributed by atoms with E-state index in [1.807, 2.05) is 37.3 Å². The van der Waals surface area contributed by atoms with Crippen LogP contribution in [-0.2, 0) is 17.9 Å². The van der Waals surface area contributed by atoms with Crippen LogP contribution in [0.25, 0.3) is 0 Å². The third-order valence-corrected chi connectivity index (χ3v) is 3.73. The second-order valence-electron chi connectivity index (χ2n) is 5.61. The molecule has 0 fully saturated rings. The Morgan fingerprint density at radius 3 is 2.48 bits per heavy atom. The summed E-state index contributed by atoms with van der Waals surface area (Å²) in [5.41, 5.74) is 3.11. The molecule has 0 saturated heterocycles. The fourth-order valence-electron chi connectivity index (χ4n) is 2.37. The predicted molar refractivity (Wildman–Crippen MR) is 87.9 cm³/mol. The number of benzene rings is 1. The standard InChI is InChI=1S/C18H19N3O2/c1-12-4-6-15(7-5-12)10-20-17(22)11-21-14(3)8-13(2)16(9-19)18(21)23/h4-8H,10-11H2,1-3H3,(H,20,22).